The van der Waals surface area contributed by atoms with Gasteiger partial charge in [0.25, 0.3) is 0 Å². The first kappa shape index (κ1) is 23.3. The number of nitrogens with zero attached hydrogens (tertiary/aromatic N) is 4. The van der Waals surface area contributed by atoms with Gasteiger partial charge in [-0.25, -0.2) is 9.97 Å². The summed E-state index contributed by atoms with van der Waals surface area (Å²) in [6.45, 7) is 6.03. The maximum atomic E-state index is 13.3. The second-order valence-electron chi connectivity index (χ2n) is 7.64. The Morgan fingerprint density at radius 2 is 2.06 bits per heavy atom. The van der Waals surface area contributed by atoms with Gasteiger partial charge in [0, 0.05) is 42.6 Å². The second-order valence-corrected chi connectivity index (χ2v) is 9.82. The predicted octanol–water partition coefficient (Wildman–Crippen LogP) is 5.81. The number of fused-ring (bicyclic) bond motifs is 1. The lowest BCUT2D eigenvalue weighted by Gasteiger charge is -2.20. The first-order chi connectivity index (χ1) is 16.1. The van der Waals surface area contributed by atoms with E-state index in [0.29, 0.717) is 19.6 Å². The molecule has 0 aliphatic rings. The number of amides is 1. The summed E-state index contributed by atoms with van der Waals surface area (Å²) in [5.41, 5.74) is 2.06. The maximum absolute atomic E-state index is 13.3. The van der Waals surface area contributed by atoms with Gasteiger partial charge in [-0.3, -0.25) is 9.69 Å². The van der Waals surface area contributed by atoms with Crippen LogP contribution in [0.4, 0.5) is 5.13 Å². The third-order valence-electron chi connectivity index (χ3n) is 5.17. The predicted molar refractivity (Wildman–Crippen MR) is 137 cm³/mol. The summed E-state index contributed by atoms with van der Waals surface area (Å²) < 4.78 is 8.81. The van der Waals surface area contributed by atoms with Crippen molar-refractivity contribution in [3.63, 3.8) is 0 Å². The van der Waals surface area contributed by atoms with Gasteiger partial charge in [0.2, 0.25) is 5.91 Å². The van der Waals surface area contributed by atoms with Crippen LogP contribution < -0.4 is 9.64 Å². The van der Waals surface area contributed by atoms with Crippen LogP contribution >= 0.6 is 23.1 Å². The van der Waals surface area contributed by atoms with Gasteiger partial charge in [-0.2, -0.15) is 0 Å². The summed E-state index contributed by atoms with van der Waals surface area (Å²) in [5, 5.41) is 0.730. The molecule has 0 radical (unpaired) electrons. The number of carbonyl (C=O) groups excluding carboxylic acids is 1. The highest BCUT2D eigenvalue weighted by atomic mass is 32.2. The number of thioether (sulfide) groups is 1. The summed E-state index contributed by atoms with van der Waals surface area (Å²) in [4.78, 5) is 25.2. The van der Waals surface area contributed by atoms with Crippen molar-refractivity contribution in [1.29, 1.82) is 0 Å². The zero-order valence-electron chi connectivity index (χ0n) is 18.9. The number of carbonyl (C=O) groups is 1. The molecule has 0 aliphatic heterocycles. The van der Waals surface area contributed by atoms with Crippen LogP contribution in [-0.2, 0) is 11.3 Å². The molecule has 1 amide bonds. The Labute approximate surface area is 202 Å². The molecule has 0 N–H and O–H groups in total. The SMILES string of the molecule is CCOc1cccc2sc(N(CCCn3ccnc3)C(=O)CCSc3ccc(C)cc3)nc12. The molecule has 0 saturated heterocycles. The van der Waals surface area contributed by atoms with E-state index >= 15 is 0 Å². The fourth-order valence-electron chi connectivity index (χ4n) is 3.48. The van der Waals surface area contributed by atoms with Gasteiger partial charge in [0.05, 0.1) is 17.6 Å². The molecule has 0 saturated carbocycles. The lowest BCUT2D eigenvalue weighted by molar-refractivity contribution is -0.118. The third kappa shape index (κ3) is 6.15. The molecule has 0 spiro atoms. The molecule has 0 atom stereocenters. The molecule has 0 aliphatic carbocycles. The number of aromatic nitrogens is 3. The van der Waals surface area contributed by atoms with Gasteiger partial charge in [0.1, 0.15) is 11.3 Å². The number of aryl methyl sites for hydroxylation is 2. The van der Waals surface area contributed by atoms with Crippen molar-refractivity contribution in [2.24, 2.45) is 0 Å². The van der Waals surface area contributed by atoms with E-state index in [4.69, 9.17) is 9.72 Å². The largest absolute Gasteiger partial charge is 0.492 e. The van der Waals surface area contributed by atoms with E-state index in [2.05, 4.69) is 36.2 Å². The Balaban J connectivity index is 1.48. The summed E-state index contributed by atoms with van der Waals surface area (Å²) in [7, 11) is 0. The van der Waals surface area contributed by atoms with E-state index in [0.717, 1.165) is 39.8 Å². The standard InChI is InChI=1S/C25H28N4O2S2/c1-3-31-21-6-4-7-22-24(21)27-25(33-22)29(15-5-14-28-16-13-26-18-28)23(30)12-17-32-20-10-8-19(2)9-11-20/h4,6-11,13,16,18H,3,5,12,14-15,17H2,1-2H3. The van der Waals surface area contributed by atoms with Crippen LogP contribution in [0, 0.1) is 6.92 Å². The topological polar surface area (TPSA) is 60.2 Å². The van der Waals surface area contributed by atoms with Crippen molar-refractivity contribution in [2.45, 2.75) is 38.1 Å². The van der Waals surface area contributed by atoms with Crippen molar-refractivity contribution >= 4 is 44.4 Å². The number of thiazole rings is 1. The zero-order chi connectivity index (χ0) is 23.0. The fourth-order valence-corrected chi connectivity index (χ4v) is 5.35. The average Bonchev–Trinajstić information content (AvgIpc) is 3.48. The minimum absolute atomic E-state index is 0.0947. The third-order valence-corrected chi connectivity index (χ3v) is 7.22. The number of hydrogen-bond acceptors (Lipinski definition) is 6. The number of rotatable bonds is 11. The molecule has 2 aromatic carbocycles. The minimum Gasteiger partial charge on any atom is -0.492 e. The van der Waals surface area contributed by atoms with Gasteiger partial charge >= 0.3 is 0 Å². The lowest BCUT2D eigenvalue weighted by atomic mass is 10.2. The highest BCUT2D eigenvalue weighted by Gasteiger charge is 2.20. The van der Waals surface area contributed by atoms with E-state index in [9.17, 15) is 4.79 Å². The molecular weight excluding hydrogens is 452 g/mol. The van der Waals surface area contributed by atoms with Crippen LogP contribution in [0.3, 0.4) is 0 Å². The van der Waals surface area contributed by atoms with Crippen molar-refractivity contribution in [3.8, 4) is 5.75 Å². The van der Waals surface area contributed by atoms with Crippen molar-refractivity contribution in [1.82, 2.24) is 14.5 Å². The minimum atomic E-state index is 0.0947. The second kappa shape index (κ2) is 11.3. The van der Waals surface area contributed by atoms with Crippen LogP contribution in [0.1, 0.15) is 25.3 Å². The normalized spacial score (nSPS) is 11.1. The highest BCUT2D eigenvalue weighted by molar-refractivity contribution is 7.99. The molecule has 6 nitrogen and oxygen atoms in total. The number of benzene rings is 2. The molecule has 172 valence electrons. The van der Waals surface area contributed by atoms with E-state index < -0.39 is 0 Å². The van der Waals surface area contributed by atoms with E-state index in [-0.39, 0.29) is 5.91 Å². The molecule has 4 aromatic rings. The van der Waals surface area contributed by atoms with E-state index in [1.54, 1.807) is 35.6 Å². The van der Waals surface area contributed by atoms with Crippen molar-refractivity contribution in [3.05, 3.63) is 66.7 Å². The van der Waals surface area contributed by atoms with Crippen LogP contribution in [0.15, 0.2) is 66.1 Å². The summed E-state index contributed by atoms with van der Waals surface area (Å²) in [6.07, 6.45) is 6.79. The van der Waals surface area contributed by atoms with E-state index in [1.165, 1.54) is 10.5 Å². The molecule has 0 unspecified atom stereocenters. The number of hydrogen-bond donors (Lipinski definition) is 0. The number of para-hydroxylation sites is 1. The van der Waals surface area contributed by atoms with Gasteiger partial charge in [-0.15, -0.1) is 11.8 Å². The maximum Gasteiger partial charge on any atom is 0.229 e. The first-order valence-corrected chi connectivity index (χ1v) is 12.9. The summed E-state index contributed by atoms with van der Waals surface area (Å²) >= 11 is 3.25. The van der Waals surface area contributed by atoms with Crippen LogP contribution in [0.5, 0.6) is 5.75 Å². The van der Waals surface area contributed by atoms with E-state index in [1.807, 2.05) is 40.8 Å². The fraction of sp³-hybridized carbons (Fsp3) is 0.320. The number of anilines is 1. The molecule has 0 bridgehead atoms. The Hall–Kier alpha value is -2.84. The van der Waals surface area contributed by atoms with Crippen LogP contribution in [0.25, 0.3) is 10.2 Å². The number of imidazole rings is 1. The van der Waals surface area contributed by atoms with Gasteiger partial charge in [-0.05, 0) is 44.5 Å². The molecule has 33 heavy (non-hydrogen) atoms. The molecule has 4 rings (SSSR count). The van der Waals surface area contributed by atoms with Crippen LogP contribution in [-0.4, -0.2) is 39.3 Å². The van der Waals surface area contributed by atoms with Crippen molar-refractivity contribution < 1.29 is 9.53 Å². The zero-order valence-corrected chi connectivity index (χ0v) is 20.6. The first-order valence-electron chi connectivity index (χ1n) is 11.1. The Bertz CT molecular complexity index is 1170. The lowest BCUT2D eigenvalue weighted by Crippen LogP contribution is -2.32. The highest BCUT2D eigenvalue weighted by Crippen LogP contribution is 2.34. The summed E-state index contributed by atoms with van der Waals surface area (Å²) in [6, 6.07) is 14.3. The smallest absolute Gasteiger partial charge is 0.229 e. The molecule has 8 heteroatoms. The van der Waals surface area contributed by atoms with Crippen LogP contribution in [0.2, 0.25) is 0 Å². The Morgan fingerprint density at radius 1 is 1.21 bits per heavy atom. The quantitative estimate of drug-likeness (QED) is 0.254. The molecular formula is C25H28N4O2S2. The average molecular weight is 481 g/mol. The molecule has 0 fully saturated rings. The van der Waals surface area contributed by atoms with Gasteiger partial charge in [-0.1, -0.05) is 35.1 Å². The molecule has 2 aromatic heterocycles. The Morgan fingerprint density at radius 3 is 2.82 bits per heavy atom. The monoisotopic (exact) mass is 480 g/mol. The number of ether oxygens (including phenoxy) is 1. The van der Waals surface area contributed by atoms with Gasteiger partial charge in [0.15, 0.2) is 5.13 Å². The molecule has 2 heterocycles. The van der Waals surface area contributed by atoms with Crippen molar-refractivity contribution in [2.75, 3.05) is 23.8 Å². The summed E-state index contributed by atoms with van der Waals surface area (Å²) in [5.74, 6) is 1.59. The Kier molecular flexibility index (Phi) is 8.01. The van der Waals surface area contributed by atoms with Gasteiger partial charge < -0.3 is 9.30 Å².